The number of unbranched alkanes of at least 4 members (excludes halogenated alkanes) is 1. The van der Waals surface area contributed by atoms with Crippen LogP contribution in [0.2, 0.25) is 0 Å². The van der Waals surface area contributed by atoms with Crippen molar-refractivity contribution in [1.29, 1.82) is 0 Å². The number of carbonyl (C=O) groups excluding carboxylic acids is 6. The maximum Gasteiger partial charge on any atom is 0.313 e. The summed E-state index contributed by atoms with van der Waals surface area (Å²) in [6, 6.07) is -0.939. The Balaban J connectivity index is 1.55. The normalized spacial score (nSPS) is 13.1. The topological polar surface area (TPSA) is 246 Å². The predicted octanol–water partition coefficient (Wildman–Crippen LogP) is 1.72. The zero-order chi connectivity index (χ0) is 49.8. The molecular weight excluding hydrogens is 908 g/mol. The van der Waals surface area contributed by atoms with E-state index in [2.05, 4.69) is 26.6 Å². The van der Waals surface area contributed by atoms with E-state index in [0.29, 0.717) is 65.4 Å². The quantitative estimate of drug-likeness (QED) is 0.0271. The summed E-state index contributed by atoms with van der Waals surface area (Å²) in [4.78, 5) is 74.5. The second-order valence-electron chi connectivity index (χ2n) is 15.1. The fraction of sp³-hybridized carbons (Fsp3) is 0.733. The molecule has 68 heavy (non-hydrogen) atoms. The molecule has 1 aliphatic carbocycles. The summed E-state index contributed by atoms with van der Waals surface area (Å²) in [7, 11) is 0. The molecule has 0 heterocycles. The average molecular weight is 980 g/mol. The first-order valence-electron chi connectivity index (χ1n) is 23.3. The standard InChI is InChI=1S/C45H72F3N5O15/c1-4-60-21-23-62-17-11-34(54)49-14-7-6-9-33(53-36(56)10-8-15-50-35(55)12-18-63-24-22-61-5-2)45(59)52-31-37(57)51-16-20-65-26-28-67-30-29-66-27-25-64-19-13-38(58)68-44-42(47)40-32(3)39(40)41(46)43(44)48/h32-33H,4-31H2,1-3H3,(H,49,54)(H,50,55)(H,51,57)(H,52,59)(H,53,56)/t32?,33-/m0/s1. The highest BCUT2D eigenvalue weighted by molar-refractivity contribution is 5.90. The van der Waals surface area contributed by atoms with E-state index in [0.717, 1.165) is 0 Å². The first-order valence-corrected chi connectivity index (χ1v) is 23.3. The number of rotatable bonds is 43. The van der Waals surface area contributed by atoms with E-state index >= 15 is 0 Å². The summed E-state index contributed by atoms with van der Waals surface area (Å²) in [6.45, 7) is 10.5. The Hall–Kier alpha value is -4.49. The maximum atomic E-state index is 14.3. The molecule has 0 bridgehead atoms. The van der Waals surface area contributed by atoms with E-state index in [4.69, 9.17) is 42.6 Å². The number of nitrogens with one attached hydrogen (secondary N) is 5. The molecule has 0 spiro atoms. The molecule has 5 N–H and O–H groups in total. The van der Waals surface area contributed by atoms with Gasteiger partial charge in [-0.1, -0.05) is 6.92 Å². The molecule has 1 aliphatic rings. The molecule has 1 aromatic rings. The fourth-order valence-electron chi connectivity index (χ4n) is 6.12. The van der Waals surface area contributed by atoms with E-state index in [1.165, 1.54) is 6.92 Å². The van der Waals surface area contributed by atoms with Crippen LogP contribution < -0.4 is 31.3 Å². The predicted molar refractivity (Wildman–Crippen MR) is 238 cm³/mol. The maximum absolute atomic E-state index is 14.3. The zero-order valence-corrected chi connectivity index (χ0v) is 39.7. The Morgan fingerprint density at radius 1 is 0.485 bits per heavy atom. The third-order valence-electron chi connectivity index (χ3n) is 9.81. The molecule has 0 saturated carbocycles. The Morgan fingerprint density at radius 2 is 0.956 bits per heavy atom. The summed E-state index contributed by atoms with van der Waals surface area (Å²) in [5.41, 5.74) is -0.0345. The van der Waals surface area contributed by atoms with Crippen molar-refractivity contribution in [1.82, 2.24) is 26.6 Å². The van der Waals surface area contributed by atoms with Crippen LogP contribution in [0.25, 0.3) is 0 Å². The molecule has 0 fully saturated rings. The summed E-state index contributed by atoms with van der Waals surface area (Å²) in [6.07, 6.45) is 1.73. The van der Waals surface area contributed by atoms with Gasteiger partial charge in [0, 0.05) is 69.2 Å². The minimum atomic E-state index is -1.53. The average Bonchev–Trinajstić information content (AvgIpc) is 4.01. The third-order valence-corrected chi connectivity index (χ3v) is 9.81. The Morgan fingerprint density at radius 3 is 1.51 bits per heavy atom. The third kappa shape index (κ3) is 26.9. The van der Waals surface area contributed by atoms with Gasteiger partial charge in [-0.3, -0.25) is 28.8 Å². The number of ether oxygens (including phenoxy) is 9. The van der Waals surface area contributed by atoms with Crippen LogP contribution in [0.1, 0.15) is 89.2 Å². The Bertz CT molecular complexity index is 1660. The lowest BCUT2D eigenvalue weighted by atomic mass is 10.1. The van der Waals surface area contributed by atoms with Crippen LogP contribution >= 0.6 is 0 Å². The smallest absolute Gasteiger partial charge is 0.313 e. The SMILES string of the molecule is CCOCCOCCC(=O)NCCCC[C@H](NC(=O)CCCNC(=O)CCOCCOCC)C(=O)NCC(=O)NCCOCCOCCOCCOCCC(=O)Oc1c(F)c(F)c2c(c1F)C2C. The van der Waals surface area contributed by atoms with E-state index < -0.39 is 58.9 Å². The fourth-order valence-corrected chi connectivity index (χ4v) is 6.12. The first-order chi connectivity index (χ1) is 32.9. The zero-order valence-electron chi connectivity index (χ0n) is 39.7. The van der Waals surface area contributed by atoms with Gasteiger partial charge in [-0.05, 0) is 39.5 Å². The molecule has 0 saturated heterocycles. The molecule has 1 unspecified atom stereocenters. The molecule has 0 aliphatic heterocycles. The lowest BCUT2D eigenvalue weighted by Gasteiger charge is -2.19. The molecule has 2 atom stereocenters. The van der Waals surface area contributed by atoms with Crippen LogP contribution in [0.3, 0.4) is 0 Å². The summed E-state index contributed by atoms with van der Waals surface area (Å²) < 4.78 is 89.6. The van der Waals surface area contributed by atoms with Gasteiger partial charge in [0.25, 0.3) is 0 Å². The van der Waals surface area contributed by atoms with Crippen LogP contribution in [-0.4, -0.2) is 173 Å². The highest BCUT2D eigenvalue weighted by atomic mass is 19.2. The van der Waals surface area contributed by atoms with Crippen molar-refractivity contribution in [3.05, 3.63) is 28.6 Å². The number of hydrogen-bond donors (Lipinski definition) is 5. The second kappa shape index (κ2) is 37.4. The van der Waals surface area contributed by atoms with Gasteiger partial charge in [-0.15, -0.1) is 0 Å². The summed E-state index contributed by atoms with van der Waals surface area (Å²) in [5, 5.41) is 13.5. The van der Waals surface area contributed by atoms with Crippen molar-refractivity contribution in [2.75, 3.05) is 132 Å². The van der Waals surface area contributed by atoms with Crippen molar-refractivity contribution >= 4 is 35.5 Å². The molecular formula is C45H72F3N5O15. The van der Waals surface area contributed by atoms with Crippen molar-refractivity contribution < 1.29 is 84.6 Å². The van der Waals surface area contributed by atoms with Crippen LogP contribution in [0, 0.1) is 17.5 Å². The Kier molecular flexibility index (Phi) is 32.8. The minimum absolute atomic E-state index is 0.00858. The number of halogens is 3. The van der Waals surface area contributed by atoms with Crippen LogP contribution in [0.4, 0.5) is 13.2 Å². The van der Waals surface area contributed by atoms with Gasteiger partial charge in [-0.2, -0.15) is 4.39 Å². The van der Waals surface area contributed by atoms with Crippen molar-refractivity contribution in [2.24, 2.45) is 0 Å². The number of hydrogen-bond acceptors (Lipinski definition) is 15. The van der Waals surface area contributed by atoms with Crippen LogP contribution in [0.15, 0.2) is 0 Å². The van der Waals surface area contributed by atoms with Crippen molar-refractivity contribution in [3.8, 4) is 5.75 Å². The van der Waals surface area contributed by atoms with E-state index in [-0.39, 0.29) is 141 Å². The van der Waals surface area contributed by atoms with Gasteiger partial charge in [0.15, 0.2) is 11.6 Å². The van der Waals surface area contributed by atoms with Gasteiger partial charge in [0.05, 0.1) is 105 Å². The lowest BCUT2D eigenvalue weighted by Crippen LogP contribution is -2.49. The lowest BCUT2D eigenvalue weighted by molar-refractivity contribution is -0.136. The number of amides is 5. The molecule has 388 valence electrons. The van der Waals surface area contributed by atoms with Crippen molar-refractivity contribution in [3.63, 3.8) is 0 Å². The highest BCUT2D eigenvalue weighted by Crippen LogP contribution is 2.50. The van der Waals surface area contributed by atoms with E-state index in [1.54, 1.807) is 0 Å². The molecule has 0 aromatic heterocycles. The monoisotopic (exact) mass is 979 g/mol. The molecule has 0 radical (unpaired) electrons. The van der Waals surface area contributed by atoms with E-state index in [9.17, 15) is 41.9 Å². The van der Waals surface area contributed by atoms with Gasteiger partial charge < -0.3 is 69.2 Å². The van der Waals surface area contributed by atoms with Gasteiger partial charge in [0.2, 0.25) is 41.1 Å². The highest BCUT2D eigenvalue weighted by Gasteiger charge is 2.42. The molecule has 23 heteroatoms. The molecule has 2 rings (SSSR count). The summed E-state index contributed by atoms with van der Waals surface area (Å²) in [5.74, 6) is -8.16. The number of esters is 1. The largest absolute Gasteiger partial charge is 0.420 e. The number of carbonyl (C=O) groups is 6. The van der Waals surface area contributed by atoms with Crippen LogP contribution in [0.5, 0.6) is 5.75 Å². The Labute approximate surface area is 396 Å². The van der Waals surface area contributed by atoms with Crippen LogP contribution in [-0.2, 0) is 66.7 Å². The molecule has 5 amide bonds. The first kappa shape index (κ1) is 59.6. The molecule has 20 nitrogen and oxygen atoms in total. The minimum Gasteiger partial charge on any atom is -0.420 e. The van der Waals surface area contributed by atoms with Gasteiger partial charge in [0.1, 0.15) is 6.04 Å². The van der Waals surface area contributed by atoms with Crippen molar-refractivity contribution in [2.45, 2.75) is 84.1 Å². The second-order valence-corrected chi connectivity index (χ2v) is 15.1. The molecule has 1 aromatic carbocycles. The summed E-state index contributed by atoms with van der Waals surface area (Å²) >= 11 is 0. The van der Waals surface area contributed by atoms with Gasteiger partial charge in [-0.25, -0.2) is 8.78 Å². The number of benzene rings is 1. The van der Waals surface area contributed by atoms with E-state index in [1.807, 2.05) is 13.8 Å². The van der Waals surface area contributed by atoms with Gasteiger partial charge >= 0.3 is 5.97 Å². The number of fused-ring (bicyclic) bond motifs is 1.